The number of nitrogens with zero attached hydrogens (tertiary/aromatic N) is 1. The molecule has 0 aromatic heterocycles. The van der Waals surface area contributed by atoms with Gasteiger partial charge in [0.15, 0.2) is 0 Å². The highest BCUT2D eigenvalue weighted by atomic mass is 32.1. The molecule has 1 unspecified atom stereocenters. The molecule has 0 radical (unpaired) electrons. The van der Waals surface area contributed by atoms with Gasteiger partial charge in [0.2, 0.25) is 0 Å². The molecule has 5 heteroatoms. The molecule has 3 N–H and O–H groups in total. The first-order valence-corrected chi connectivity index (χ1v) is 4.04. The number of aliphatic imine (C=N–C) groups is 1. The third-order valence-corrected chi connectivity index (χ3v) is 1.29. The van der Waals surface area contributed by atoms with E-state index in [0.29, 0.717) is 11.4 Å². The third-order valence-electron chi connectivity index (χ3n) is 1.12. The van der Waals surface area contributed by atoms with Gasteiger partial charge in [-0.3, -0.25) is 0 Å². The molecule has 0 aromatic carbocycles. The Balaban J connectivity index is 3.76. The molecule has 0 fully saturated rings. The van der Waals surface area contributed by atoms with E-state index < -0.39 is 0 Å². The minimum absolute atomic E-state index is 0.0568. The van der Waals surface area contributed by atoms with Gasteiger partial charge >= 0.3 is 6.03 Å². The second-order valence-corrected chi connectivity index (χ2v) is 2.93. The molecule has 0 aromatic rings. The summed E-state index contributed by atoms with van der Waals surface area (Å²) in [6.45, 7) is 3.50. The molecular weight excluding hydrogens is 174 g/mol. The molecule has 0 saturated carbocycles. The first-order chi connectivity index (χ1) is 5.56. The predicted octanol–water partition coefficient (Wildman–Crippen LogP) is 0.851. The van der Waals surface area contributed by atoms with Crippen molar-refractivity contribution in [3.8, 4) is 0 Å². The van der Waals surface area contributed by atoms with Gasteiger partial charge in [0.05, 0.1) is 4.99 Å². The van der Waals surface area contributed by atoms with E-state index in [-0.39, 0.29) is 12.1 Å². The first kappa shape index (κ1) is 11.0. The average molecular weight is 187 g/mol. The Hall–Kier alpha value is -0.970. The van der Waals surface area contributed by atoms with Crippen LogP contribution in [0.4, 0.5) is 4.79 Å². The number of rotatable bonds is 3. The minimum atomic E-state index is -0.360. The lowest BCUT2D eigenvalue weighted by molar-refractivity contribution is 0.246. The highest BCUT2D eigenvalue weighted by Gasteiger charge is 2.05. The Morgan fingerprint density at radius 3 is 2.83 bits per heavy atom. The quantitative estimate of drug-likeness (QED) is 0.508. The lowest BCUT2D eigenvalue weighted by Gasteiger charge is -2.09. The van der Waals surface area contributed by atoms with Gasteiger partial charge in [0.1, 0.15) is 0 Å². The number of urea groups is 1. The highest BCUT2D eigenvalue weighted by molar-refractivity contribution is 7.80. The molecule has 0 bridgehead atoms. The number of amides is 2. The van der Waals surface area contributed by atoms with E-state index in [0.717, 1.165) is 0 Å². The summed E-state index contributed by atoms with van der Waals surface area (Å²) < 4.78 is 0. The van der Waals surface area contributed by atoms with Crippen molar-refractivity contribution in [3.63, 3.8) is 0 Å². The first-order valence-electron chi connectivity index (χ1n) is 3.63. The van der Waals surface area contributed by atoms with Crippen LogP contribution in [-0.2, 0) is 0 Å². The number of hydrogen-bond acceptors (Lipinski definition) is 2. The van der Waals surface area contributed by atoms with Crippen molar-refractivity contribution in [2.24, 2.45) is 10.7 Å². The van der Waals surface area contributed by atoms with Gasteiger partial charge in [-0.2, -0.15) is 0 Å². The Morgan fingerprint density at radius 1 is 1.83 bits per heavy atom. The molecule has 0 spiro atoms. The van der Waals surface area contributed by atoms with Crippen LogP contribution in [0.1, 0.15) is 20.3 Å². The number of hydrogen-bond donors (Lipinski definition) is 2. The lowest BCUT2D eigenvalue weighted by Crippen LogP contribution is -2.33. The third kappa shape index (κ3) is 5.79. The SMILES string of the molecule is CC=NC(=O)NC(C)CC(N)=S. The molecule has 12 heavy (non-hydrogen) atoms. The van der Waals surface area contributed by atoms with Gasteiger partial charge in [-0.25, -0.2) is 9.79 Å². The van der Waals surface area contributed by atoms with E-state index in [2.05, 4.69) is 22.5 Å². The van der Waals surface area contributed by atoms with E-state index in [1.54, 1.807) is 6.92 Å². The summed E-state index contributed by atoms with van der Waals surface area (Å²) in [6.07, 6.45) is 1.93. The smallest absolute Gasteiger partial charge is 0.340 e. The van der Waals surface area contributed by atoms with E-state index in [1.807, 2.05) is 6.92 Å². The zero-order chi connectivity index (χ0) is 9.56. The monoisotopic (exact) mass is 187 g/mol. The largest absolute Gasteiger partial charge is 0.393 e. The molecule has 68 valence electrons. The van der Waals surface area contributed by atoms with Crippen LogP contribution in [0.3, 0.4) is 0 Å². The van der Waals surface area contributed by atoms with Crippen molar-refractivity contribution in [1.29, 1.82) is 0 Å². The maximum absolute atomic E-state index is 10.8. The molecule has 1 atom stereocenters. The van der Waals surface area contributed by atoms with Crippen LogP contribution in [0.25, 0.3) is 0 Å². The van der Waals surface area contributed by atoms with Crippen LogP contribution in [0, 0.1) is 0 Å². The van der Waals surface area contributed by atoms with Crippen molar-refractivity contribution in [2.75, 3.05) is 0 Å². The Morgan fingerprint density at radius 2 is 2.42 bits per heavy atom. The van der Waals surface area contributed by atoms with Gasteiger partial charge in [0.25, 0.3) is 0 Å². The molecule has 0 rings (SSSR count). The standard InChI is InChI=1S/C7H13N3OS/c1-3-9-7(11)10-5(2)4-6(8)12/h3,5H,4H2,1-2H3,(H2,8,12)(H,10,11). The van der Waals surface area contributed by atoms with Crippen LogP contribution in [0.15, 0.2) is 4.99 Å². The molecule has 0 saturated heterocycles. The number of nitrogens with one attached hydrogen (secondary N) is 1. The highest BCUT2D eigenvalue weighted by Crippen LogP contribution is 1.90. The summed E-state index contributed by atoms with van der Waals surface area (Å²) in [5.41, 5.74) is 5.28. The maximum Gasteiger partial charge on any atom is 0.340 e. The van der Waals surface area contributed by atoms with Crippen molar-refractivity contribution in [2.45, 2.75) is 26.3 Å². The summed E-state index contributed by atoms with van der Waals surface area (Å²) >= 11 is 4.68. The van der Waals surface area contributed by atoms with E-state index in [9.17, 15) is 4.79 Å². The second-order valence-electron chi connectivity index (χ2n) is 2.41. The topological polar surface area (TPSA) is 67.5 Å². The fourth-order valence-electron chi connectivity index (χ4n) is 0.718. The van der Waals surface area contributed by atoms with Gasteiger partial charge < -0.3 is 11.1 Å². The number of carbonyl (C=O) groups excluding carboxylic acids is 1. The Kier molecular flexibility index (Phi) is 5.19. The van der Waals surface area contributed by atoms with Crippen molar-refractivity contribution < 1.29 is 4.79 Å². The number of thiocarbonyl (C=S) groups is 1. The molecule has 0 heterocycles. The van der Waals surface area contributed by atoms with E-state index in [1.165, 1.54) is 6.21 Å². The summed E-state index contributed by atoms with van der Waals surface area (Å²) in [6, 6.07) is -0.417. The summed E-state index contributed by atoms with van der Waals surface area (Å²) in [7, 11) is 0. The van der Waals surface area contributed by atoms with Gasteiger partial charge in [-0.1, -0.05) is 12.2 Å². The molecular formula is C7H13N3OS. The van der Waals surface area contributed by atoms with Crippen molar-refractivity contribution >= 4 is 29.5 Å². The molecule has 0 aliphatic heterocycles. The van der Waals surface area contributed by atoms with Crippen molar-refractivity contribution in [3.05, 3.63) is 0 Å². The second kappa shape index (κ2) is 5.65. The van der Waals surface area contributed by atoms with Gasteiger partial charge in [-0.05, 0) is 13.8 Å². The maximum atomic E-state index is 10.8. The fraction of sp³-hybridized carbons (Fsp3) is 0.571. The number of nitrogens with two attached hydrogens (primary N) is 1. The van der Waals surface area contributed by atoms with Crippen LogP contribution in [-0.4, -0.2) is 23.3 Å². The van der Waals surface area contributed by atoms with E-state index in [4.69, 9.17) is 5.73 Å². The van der Waals surface area contributed by atoms with Gasteiger partial charge in [0, 0.05) is 18.7 Å². The van der Waals surface area contributed by atoms with Crippen LogP contribution in [0.5, 0.6) is 0 Å². The van der Waals surface area contributed by atoms with Crippen molar-refractivity contribution in [1.82, 2.24) is 5.32 Å². The zero-order valence-electron chi connectivity index (χ0n) is 7.20. The average Bonchev–Trinajstić information content (AvgIpc) is 1.84. The van der Waals surface area contributed by atoms with Crippen LogP contribution in [0.2, 0.25) is 0 Å². The Bertz CT molecular complexity index is 203. The molecule has 4 nitrogen and oxygen atoms in total. The summed E-state index contributed by atoms with van der Waals surface area (Å²) in [4.78, 5) is 14.7. The molecule has 0 aliphatic rings. The normalized spacial score (nSPS) is 12.8. The zero-order valence-corrected chi connectivity index (χ0v) is 8.02. The summed E-state index contributed by atoms with van der Waals surface area (Å²) in [5.74, 6) is 0. The minimum Gasteiger partial charge on any atom is -0.393 e. The number of carbonyl (C=O) groups is 1. The fourth-order valence-corrected chi connectivity index (χ4v) is 0.968. The molecule has 2 amide bonds. The molecule has 0 aliphatic carbocycles. The van der Waals surface area contributed by atoms with Crippen LogP contribution >= 0.6 is 12.2 Å². The van der Waals surface area contributed by atoms with Crippen LogP contribution < -0.4 is 11.1 Å². The van der Waals surface area contributed by atoms with E-state index >= 15 is 0 Å². The summed E-state index contributed by atoms with van der Waals surface area (Å²) in [5, 5.41) is 2.61. The predicted molar refractivity (Wildman–Crippen MR) is 53.6 cm³/mol. The lowest BCUT2D eigenvalue weighted by atomic mass is 10.2. The van der Waals surface area contributed by atoms with Gasteiger partial charge in [-0.15, -0.1) is 0 Å². The Labute approximate surface area is 77.2 Å².